The lowest BCUT2D eigenvalue weighted by molar-refractivity contribution is 0.102. The third-order valence-electron chi connectivity index (χ3n) is 5.00. The average Bonchev–Trinajstić information content (AvgIpc) is 2.75. The Kier molecular flexibility index (Phi) is 7.51. The van der Waals surface area contributed by atoms with Crippen molar-refractivity contribution in [3.63, 3.8) is 0 Å². The maximum absolute atomic E-state index is 13.0. The monoisotopic (exact) mass is 495 g/mol. The lowest BCUT2D eigenvalue weighted by Crippen LogP contribution is -2.36. The Morgan fingerprint density at radius 1 is 1.13 bits per heavy atom. The molecule has 1 saturated heterocycles. The first-order valence-electron chi connectivity index (χ1n) is 9.90. The Bertz CT molecular complexity index is 1000. The number of morpholine rings is 1. The number of ether oxygens (including phenoxy) is 1. The fourth-order valence-electron chi connectivity index (χ4n) is 3.39. The summed E-state index contributed by atoms with van der Waals surface area (Å²) in [6.07, 6.45) is 0. The largest absolute Gasteiger partial charge is 0.378 e. The van der Waals surface area contributed by atoms with Gasteiger partial charge in [0.05, 0.1) is 29.5 Å². The second-order valence-corrected chi connectivity index (χ2v) is 9.69. The van der Waals surface area contributed by atoms with Crippen LogP contribution in [0.5, 0.6) is 0 Å². The third kappa shape index (κ3) is 5.03. The van der Waals surface area contributed by atoms with E-state index < -0.39 is 10.0 Å². The van der Waals surface area contributed by atoms with Crippen molar-refractivity contribution in [2.75, 3.05) is 49.6 Å². The van der Waals surface area contributed by atoms with E-state index in [-0.39, 0.29) is 16.4 Å². The van der Waals surface area contributed by atoms with Crippen molar-refractivity contribution in [2.24, 2.45) is 0 Å². The van der Waals surface area contributed by atoms with Crippen molar-refractivity contribution in [1.29, 1.82) is 0 Å². The molecule has 9 heteroatoms. The van der Waals surface area contributed by atoms with E-state index in [1.165, 1.54) is 16.4 Å². The summed E-state index contributed by atoms with van der Waals surface area (Å²) >= 11 is 3.46. The lowest BCUT2D eigenvalue weighted by atomic mass is 10.2. The Balaban J connectivity index is 1.88. The Labute approximate surface area is 186 Å². The molecule has 3 rings (SSSR count). The minimum atomic E-state index is -3.64. The molecule has 1 N–H and O–H groups in total. The summed E-state index contributed by atoms with van der Waals surface area (Å²) in [4.78, 5) is 15.2. The van der Waals surface area contributed by atoms with Crippen molar-refractivity contribution >= 4 is 43.2 Å². The minimum Gasteiger partial charge on any atom is -0.378 e. The van der Waals surface area contributed by atoms with Crippen molar-refractivity contribution in [1.82, 2.24) is 4.31 Å². The predicted molar refractivity (Wildman–Crippen MR) is 122 cm³/mol. The molecular weight excluding hydrogens is 470 g/mol. The molecule has 0 bridgehead atoms. The summed E-state index contributed by atoms with van der Waals surface area (Å²) in [7, 11) is -3.64. The summed E-state index contributed by atoms with van der Waals surface area (Å²) in [5.41, 5.74) is 1.85. The number of sulfonamides is 1. The normalized spacial score (nSPS) is 14.7. The molecule has 0 atom stereocenters. The van der Waals surface area contributed by atoms with Crippen LogP contribution in [0.4, 0.5) is 11.4 Å². The van der Waals surface area contributed by atoms with Crippen LogP contribution in [-0.4, -0.2) is 58.0 Å². The molecule has 1 heterocycles. The summed E-state index contributed by atoms with van der Waals surface area (Å²) < 4.78 is 33.2. The van der Waals surface area contributed by atoms with Crippen molar-refractivity contribution in [3.8, 4) is 0 Å². The molecule has 1 fully saturated rings. The molecule has 1 aliphatic heterocycles. The zero-order valence-corrected chi connectivity index (χ0v) is 19.5. The summed E-state index contributed by atoms with van der Waals surface area (Å²) in [6.45, 7) is 7.07. The van der Waals surface area contributed by atoms with E-state index >= 15 is 0 Å². The molecule has 2 aromatic carbocycles. The van der Waals surface area contributed by atoms with Crippen LogP contribution in [0.25, 0.3) is 0 Å². The molecule has 2 aromatic rings. The Morgan fingerprint density at radius 2 is 1.83 bits per heavy atom. The first-order chi connectivity index (χ1) is 14.4. The lowest BCUT2D eigenvalue weighted by Gasteiger charge is -2.30. The van der Waals surface area contributed by atoms with E-state index in [2.05, 4.69) is 26.1 Å². The molecule has 162 valence electrons. The highest BCUT2D eigenvalue weighted by Crippen LogP contribution is 2.30. The van der Waals surface area contributed by atoms with Crippen LogP contribution in [0.3, 0.4) is 0 Å². The van der Waals surface area contributed by atoms with Gasteiger partial charge in [0.1, 0.15) is 0 Å². The van der Waals surface area contributed by atoms with Gasteiger partial charge < -0.3 is 15.0 Å². The van der Waals surface area contributed by atoms with Crippen LogP contribution < -0.4 is 10.2 Å². The van der Waals surface area contributed by atoms with E-state index in [4.69, 9.17) is 4.74 Å². The smallest absolute Gasteiger partial charge is 0.255 e. The second-order valence-electron chi connectivity index (χ2n) is 6.83. The third-order valence-corrected chi connectivity index (χ3v) is 7.54. The summed E-state index contributed by atoms with van der Waals surface area (Å²) in [5, 5.41) is 2.94. The number of carbonyl (C=O) groups is 1. The predicted octanol–water partition coefficient (Wildman–Crippen LogP) is 3.57. The van der Waals surface area contributed by atoms with E-state index in [0.717, 1.165) is 23.2 Å². The highest BCUT2D eigenvalue weighted by atomic mass is 79.9. The van der Waals surface area contributed by atoms with Crippen LogP contribution in [0.2, 0.25) is 0 Å². The van der Waals surface area contributed by atoms with Gasteiger partial charge in [0.25, 0.3) is 5.91 Å². The van der Waals surface area contributed by atoms with Gasteiger partial charge in [-0.05, 0) is 36.4 Å². The first kappa shape index (κ1) is 22.7. The Morgan fingerprint density at radius 3 is 2.50 bits per heavy atom. The molecule has 0 saturated carbocycles. The molecule has 0 aromatic heterocycles. The minimum absolute atomic E-state index is 0.112. The first-order valence-corrected chi connectivity index (χ1v) is 12.1. The Hall–Kier alpha value is -1.94. The van der Waals surface area contributed by atoms with Gasteiger partial charge in [0.15, 0.2) is 0 Å². The van der Waals surface area contributed by atoms with Gasteiger partial charge in [-0.2, -0.15) is 4.31 Å². The van der Waals surface area contributed by atoms with Gasteiger partial charge in [-0.1, -0.05) is 35.8 Å². The fraction of sp³-hybridized carbons (Fsp3) is 0.381. The second kappa shape index (κ2) is 9.91. The molecule has 0 aliphatic carbocycles. The van der Waals surface area contributed by atoms with Gasteiger partial charge in [-0.15, -0.1) is 0 Å². The SMILES string of the molecule is CCN(CC)S(=O)(=O)c1cccc(C(=O)Nc2cc(Br)ccc2N2CCOCC2)c1. The number of nitrogens with zero attached hydrogens (tertiary/aromatic N) is 2. The van der Waals surface area contributed by atoms with E-state index in [1.807, 2.05) is 18.2 Å². The number of amides is 1. The maximum Gasteiger partial charge on any atom is 0.255 e. The molecule has 7 nitrogen and oxygen atoms in total. The van der Waals surface area contributed by atoms with Crippen LogP contribution in [0.15, 0.2) is 51.8 Å². The molecule has 0 unspecified atom stereocenters. The molecule has 1 aliphatic rings. The molecular formula is C21H26BrN3O4S. The van der Waals surface area contributed by atoms with E-state index in [0.29, 0.717) is 32.0 Å². The topological polar surface area (TPSA) is 79.0 Å². The van der Waals surface area contributed by atoms with Crippen LogP contribution in [0, 0.1) is 0 Å². The van der Waals surface area contributed by atoms with Crippen LogP contribution in [0.1, 0.15) is 24.2 Å². The zero-order chi connectivity index (χ0) is 21.7. The highest BCUT2D eigenvalue weighted by Gasteiger charge is 2.23. The average molecular weight is 496 g/mol. The zero-order valence-electron chi connectivity index (χ0n) is 17.1. The number of nitrogens with one attached hydrogen (secondary N) is 1. The standard InChI is InChI=1S/C21H26BrN3O4S/c1-3-25(4-2)30(27,28)18-7-5-6-16(14-18)21(26)23-19-15-17(22)8-9-20(19)24-10-12-29-13-11-24/h5-9,14-15H,3-4,10-13H2,1-2H3,(H,23,26). The number of halogens is 1. The van der Waals surface area contributed by atoms with Crippen LogP contribution >= 0.6 is 15.9 Å². The molecule has 0 spiro atoms. The van der Waals surface area contributed by atoms with Crippen molar-refractivity contribution in [2.45, 2.75) is 18.7 Å². The van der Waals surface area contributed by atoms with Gasteiger partial charge >= 0.3 is 0 Å². The number of hydrogen-bond donors (Lipinski definition) is 1. The number of hydrogen-bond acceptors (Lipinski definition) is 5. The number of carbonyl (C=O) groups excluding carboxylic acids is 1. The molecule has 1 amide bonds. The van der Waals surface area contributed by atoms with Crippen molar-refractivity contribution in [3.05, 3.63) is 52.5 Å². The van der Waals surface area contributed by atoms with Gasteiger partial charge in [0, 0.05) is 36.2 Å². The summed E-state index contributed by atoms with van der Waals surface area (Å²) in [5.74, 6) is -0.362. The number of rotatable bonds is 7. The van der Waals surface area contributed by atoms with Crippen molar-refractivity contribution < 1.29 is 17.9 Å². The van der Waals surface area contributed by atoms with Crippen LogP contribution in [-0.2, 0) is 14.8 Å². The van der Waals surface area contributed by atoms with Gasteiger partial charge in [0.2, 0.25) is 10.0 Å². The molecule has 30 heavy (non-hydrogen) atoms. The summed E-state index contributed by atoms with van der Waals surface area (Å²) in [6, 6.07) is 11.9. The van der Waals surface area contributed by atoms with E-state index in [1.54, 1.807) is 26.0 Å². The fourth-order valence-corrected chi connectivity index (χ4v) is 5.26. The van der Waals surface area contributed by atoms with Gasteiger partial charge in [-0.25, -0.2) is 8.42 Å². The quantitative estimate of drug-likeness (QED) is 0.634. The maximum atomic E-state index is 13.0. The van der Waals surface area contributed by atoms with E-state index in [9.17, 15) is 13.2 Å². The number of anilines is 2. The molecule has 0 radical (unpaired) electrons. The van der Waals surface area contributed by atoms with Gasteiger partial charge in [-0.3, -0.25) is 4.79 Å². The highest BCUT2D eigenvalue weighted by molar-refractivity contribution is 9.10. The number of benzene rings is 2.